The van der Waals surface area contributed by atoms with Crippen LogP contribution in [0.5, 0.6) is 0 Å². The van der Waals surface area contributed by atoms with Crippen molar-refractivity contribution in [1.29, 1.82) is 0 Å². The van der Waals surface area contributed by atoms with E-state index in [-0.39, 0.29) is 0 Å². The zero-order chi connectivity index (χ0) is 7.71. The highest BCUT2D eigenvalue weighted by atomic mass is 35.6. The van der Waals surface area contributed by atoms with Crippen LogP contribution < -0.4 is 0 Å². The highest BCUT2D eigenvalue weighted by Crippen LogP contribution is 2.38. The lowest BCUT2D eigenvalue weighted by Crippen LogP contribution is -2.18. The molecule has 1 unspecified atom stereocenters. The second-order valence-corrected chi connectivity index (χ2v) is 4.84. The molecular weight excluding hydrogens is 209 g/mol. The average Bonchev–Trinajstić information content (AvgIpc) is 1.14. The second-order valence-electron chi connectivity index (χ2n) is 1.65. The minimum absolute atomic E-state index is 0.424. The van der Waals surface area contributed by atoms with Crippen LogP contribution in [0, 0.1) is 6.92 Å². The van der Waals surface area contributed by atoms with Crippen molar-refractivity contribution in [2.45, 2.75) is 15.3 Å². The van der Waals surface area contributed by atoms with Gasteiger partial charge in [-0.3, -0.25) is 0 Å². The predicted molar refractivity (Wildman–Crippen MR) is 40.0 cm³/mol. The smallest absolute Gasteiger partial charge is 0.194 e. The quantitative estimate of drug-likeness (QED) is 0.584. The number of halogens is 5. The largest absolute Gasteiger partial charge is 0.226 e. The molecule has 0 fully saturated rings. The Morgan fingerprint density at radius 2 is 1.56 bits per heavy atom. The summed E-state index contributed by atoms with van der Waals surface area (Å²) in [5.41, 5.74) is 0. The van der Waals surface area contributed by atoms with Crippen molar-refractivity contribution < 1.29 is 4.39 Å². The molecule has 0 amide bonds. The van der Waals surface area contributed by atoms with Gasteiger partial charge in [-0.2, -0.15) is 0 Å². The van der Waals surface area contributed by atoms with Gasteiger partial charge in [0.2, 0.25) is 0 Å². The molecule has 0 nitrogen and oxygen atoms in total. The summed E-state index contributed by atoms with van der Waals surface area (Å²) < 4.78 is 10.6. The van der Waals surface area contributed by atoms with Crippen LogP contribution in [0.25, 0.3) is 0 Å². The topological polar surface area (TPSA) is 0 Å². The van der Waals surface area contributed by atoms with Crippen LogP contribution in [-0.4, -0.2) is 8.92 Å². The Bertz CT molecular complexity index is 77.7. The Morgan fingerprint density at radius 1 is 1.22 bits per heavy atom. The average molecular weight is 213 g/mol. The van der Waals surface area contributed by atoms with E-state index in [0.29, 0.717) is 0 Å². The van der Waals surface area contributed by atoms with Gasteiger partial charge in [0.15, 0.2) is 8.92 Å². The number of alkyl halides is 5. The van der Waals surface area contributed by atoms with Crippen LogP contribution in [-0.2, 0) is 0 Å². The summed E-state index contributed by atoms with van der Waals surface area (Å²) in [5, 5.41) is -2.19. The maximum atomic E-state index is 12.3. The van der Waals surface area contributed by atoms with Gasteiger partial charge in [0.25, 0.3) is 0 Å². The third kappa shape index (κ3) is 9.09. The van der Waals surface area contributed by atoms with Crippen LogP contribution in [0.2, 0.25) is 0 Å². The number of hydrogen-bond donors (Lipinski definition) is 0. The molecule has 1 atom stereocenters. The molecule has 0 aromatic heterocycles. The summed E-state index contributed by atoms with van der Waals surface area (Å²) >= 11 is 20.5. The van der Waals surface area contributed by atoms with Gasteiger partial charge in [0.1, 0.15) is 0 Å². The van der Waals surface area contributed by atoms with Crippen molar-refractivity contribution in [1.82, 2.24) is 0 Å². The summed E-state index contributed by atoms with van der Waals surface area (Å²) in [4.78, 5) is 0. The van der Waals surface area contributed by atoms with Crippen molar-refractivity contribution in [2.24, 2.45) is 0 Å². The van der Waals surface area contributed by atoms with Crippen molar-refractivity contribution >= 4 is 46.4 Å². The molecule has 5 heteroatoms. The number of hydrogen-bond acceptors (Lipinski definition) is 0. The van der Waals surface area contributed by atoms with Gasteiger partial charge in [0, 0.05) is 6.42 Å². The molecule has 0 bridgehead atoms. The van der Waals surface area contributed by atoms with E-state index in [4.69, 9.17) is 46.4 Å². The van der Waals surface area contributed by atoms with Crippen LogP contribution in [0.15, 0.2) is 0 Å². The lowest BCUT2D eigenvalue weighted by Gasteiger charge is -2.16. The standard InChI is InChI=1S/C4H4Cl4F/c1-3(5,9)2-4(6,7)8/h1-2H2. The zero-order valence-electron chi connectivity index (χ0n) is 4.30. The monoisotopic (exact) mass is 211 g/mol. The van der Waals surface area contributed by atoms with Crippen LogP contribution in [0.3, 0.4) is 0 Å². The van der Waals surface area contributed by atoms with Gasteiger partial charge in [-0.25, -0.2) is 4.39 Å². The van der Waals surface area contributed by atoms with Gasteiger partial charge in [-0.1, -0.05) is 46.4 Å². The van der Waals surface area contributed by atoms with E-state index in [9.17, 15) is 4.39 Å². The van der Waals surface area contributed by atoms with Gasteiger partial charge >= 0.3 is 0 Å². The zero-order valence-corrected chi connectivity index (χ0v) is 7.33. The van der Waals surface area contributed by atoms with Crippen LogP contribution in [0.4, 0.5) is 4.39 Å². The third-order valence-electron chi connectivity index (χ3n) is 0.459. The molecule has 0 aromatic rings. The van der Waals surface area contributed by atoms with Crippen molar-refractivity contribution in [3.8, 4) is 0 Å². The molecule has 0 spiro atoms. The van der Waals surface area contributed by atoms with E-state index in [0.717, 1.165) is 0 Å². The maximum Gasteiger partial charge on any atom is 0.194 e. The number of rotatable bonds is 1. The lowest BCUT2D eigenvalue weighted by atomic mass is 10.3. The first kappa shape index (κ1) is 10.1. The first-order chi connectivity index (χ1) is 3.71. The molecule has 1 radical (unpaired) electrons. The maximum absolute atomic E-state index is 12.3. The van der Waals surface area contributed by atoms with Gasteiger partial charge in [-0.05, 0) is 6.92 Å². The second kappa shape index (κ2) is 3.00. The molecule has 0 heterocycles. The van der Waals surface area contributed by atoms with Crippen molar-refractivity contribution in [2.75, 3.05) is 0 Å². The summed E-state index contributed by atoms with van der Waals surface area (Å²) in [6, 6.07) is 0. The van der Waals surface area contributed by atoms with Crippen LogP contribution >= 0.6 is 46.4 Å². The molecule has 0 aliphatic heterocycles. The van der Waals surface area contributed by atoms with Crippen molar-refractivity contribution in [3.05, 3.63) is 6.92 Å². The minimum atomic E-state index is -2.19. The molecule has 0 saturated carbocycles. The van der Waals surface area contributed by atoms with Gasteiger partial charge in [0.05, 0.1) is 0 Å². The summed E-state index contributed by atoms with van der Waals surface area (Å²) in [6.45, 7) is 2.90. The summed E-state index contributed by atoms with van der Waals surface area (Å²) in [5.74, 6) is 0. The highest BCUT2D eigenvalue weighted by Gasteiger charge is 2.32. The van der Waals surface area contributed by atoms with Crippen LogP contribution in [0.1, 0.15) is 6.42 Å². The fourth-order valence-corrected chi connectivity index (χ4v) is 1.33. The molecule has 0 N–H and O–H groups in total. The molecule has 55 valence electrons. The minimum Gasteiger partial charge on any atom is -0.226 e. The van der Waals surface area contributed by atoms with E-state index >= 15 is 0 Å². The fourth-order valence-electron chi connectivity index (χ4n) is 0.293. The Labute approximate surface area is 73.2 Å². The first-order valence-electron chi connectivity index (χ1n) is 2.01. The van der Waals surface area contributed by atoms with E-state index < -0.39 is 15.3 Å². The third-order valence-corrected chi connectivity index (χ3v) is 0.994. The van der Waals surface area contributed by atoms with E-state index in [1.165, 1.54) is 0 Å². The molecule has 0 aliphatic carbocycles. The molecule has 0 rings (SSSR count). The Kier molecular flexibility index (Phi) is 3.36. The molecule has 0 aromatic carbocycles. The highest BCUT2D eigenvalue weighted by molar-refractivity contribution is 6.67. The molecule has 0 saturated heterocycles. The molecule has 9 heavy (non-hydrogen) atoms. The Hall–Kier alpha value is 1.09. The fraction of sp³-hybridized carbons (Fsp3) is 0.750. The van der Waals surface area contributed by atoms with E-state index in [2.05, 4.69) is 6.92 Å². The van der Waals surface area contributed by atoms with Crippen molar-refractivity contribution in [3.63, 3.8) is 0 Å². The summed E-state index contributed by atoms with van der Waals surface area (Å²) in [7, 11) is 0. The van der Waals surface area contributed by atoms with E-state index in [1.54, 1.807) is 0 Å². The lowest BCUT2D eigenvalue weighted by molar-refractivity contribution is 0.325. The Balaban J connectivity index is 3.75. The summed E-state index contributed by atoms with van der Waals surface area (Å²) in [6.07, 6.45) is -0.424. The SMILES string of the molecule is [CH2]C(F)(Cl)CC(Cl)(Cl)Cl. The molecule has 0 aliphatic rings. The normalized spacial score (nSPS) is 19.3. The Morgan fingerprint density at radius 3 is 1.56 bits per heavy atom. The first-order valence-corrected chi connectivity index (χ1v) is 3.52. The van der Waals surface area contributed by atoms with Gasteiger partial charge < -0.3 is 0 Å². The predicted octanol–water partition coefficient (Wildman–Crippen LogP) is 3.49. The van der Waals surface area contributed by atoms with E-state index in [1.807, 2.05) is 0 Å². The molecular formula is C4H4Cl4F. The van der Waals surface area contributed by atoms with Gasteiger partial charge in [-0.15, -0.1) is 0 Å².